The Hall–Kier alpha value is -2.98. The molecule has 0 saturated heterocycles. The van der Waals surface area contributed by atoms with E-state index in [0.29, 0.717) is 0 Å². The maximum atomic E-state index is 4.60. The Balaban J connectivity index is 1.62. The van der Waals surface area contributed by atoms with Crippen LogP contribution in [-0.4, -0.2) is 40.5 Å². The fourth-order valence-corrected chi connectivity index (χ4v) is 4.81. The summed E-state index contributed by atoms with van der Waals surface area (Å²) in [5, 5.41) is 1.07. The monoisotopic (exact) mass is 368 g/mol. The summed E-state index contributed by atoms with van der Waals surface area (Å²) in [6.07, 6.45) is 5.72. The number of aromatic amines is 1. The van der Waals surface area contributed by atoms with E-state index >= 15 is 0 Å². The van der Waals surface area contributed by atoms with Gasteiger partial charge in [0.1, 0.15) is 12.0 Å². The lowest BCUT2D eigenvalue weighted by Crippen LogP contribution is -2.38. The predicted octanol–water partition coefficient (Wildman–Crippen LogP) is 4.22. The number of hydrogen-bond donors (Lipinski definition) is 1. The second-order valence-electron chi connectivity index (χ2n) is 8.18. The molecule has 0 unspecified atom stereocenters. The number of rotatable bonds is 4. The molecular formula is C24H24N4. The van der Waals surface area contributed by atoms with Crippen molar-refractivity contribution in [2.24, 2.45) is 0 Å². The largest absolute Gasteiger partial charge is 0.346 e. The van der Waals surface area contributed by atoms with Crippen LogP contribution in [0.3, 0.4) is 0 Å². The molecule has 1 aliphatic carbocycles. The van der Waals surface area contributed by atoms with E-state index in [0.717, 1.165) is 41.7 Å². The van der Waals surface area contributed by atoms with Crippen LogP contribution in [0, 0.1) is 0 Å². The van der Waals surface area contributed by atoms with Crippen molar-refractivity contribution >= 4 is 11.0 Å². The zero-order valence-corrected chi connectivity index (χ0v) is 16.3. The summed E-state index contributed by atoms with van der Waals surface area (Å²) in [7, 11) is 4.34. The highest BCUT2D eigenvalue weighted by Crippen LogP contribution is 2.41. The molecule has 0 radical (unpaired) electrons. The van der Waals surface area contributed by atoms with Crippen LogP contribution in [0.25, 0.3) is 22.3 Å². The molecule has 28 heavy (non-hydrogen) atoms. The number of hydrogen-bond acceptors (Lipinski definition) is 3. The van der Waals surface area contributed by atoms with Crippen molar-refractivity contribution in [1.29, 1.82) is 0 Å². The smallest absolute Gasteiger partial charge is 0.141 e. The van der Waals surface area contributed by atoms with Crippen LogP contribution in [0.4, 0.5) is 0 Å². The lowest BCUT2D eigenvalue weighted by Gasteiger charge is -2.33. The Morgan fingerprint density at radius 3 is 2.50 bits per heavy atom. The van der Waals surface area contributed by atoms with E-state index in [1.807, 2.05) is 6.20 Å². The van der Waals surface area contributed by atoms with Crippen molar-refractivity contribution in [2.45, 2.75) is 18.3 Å². The molecule has 4 nitrogen and oxygen atoms in total. The van der Waals surface area contributed by atoms with Crippen LogP contribution in [-0.2, 0) is 18.3 Å². The molecule has 0 atom stereocenters. The first-order valence-corrected chi connectivity index (χ1v) is 9.75. The van der Waals surface area contributed by atoms with Crippen LogP contribution < -0.4 is 0 Å². The third-order valence-corrected chi connectivity index (χ3v) is 5.90. The molecule has 0 fully saturated rings. The fourth-order valence-electron chi connectivity index (χ4n) is 4.81. The summed E-state index contributed by atoms with van der Waals surface area (Å²) < 4.78 is 0. The van der Waals surface area contributed by atoms with Gasteiger partial charge in [-0.15, -0.1) is 0 Å². The van der Waals surface area contributed by atoms with Crippen molar-refractivity contribution in [3.8, 4) is 11.3 Å². The minimum absolute atomic E-state index is 0.0908. The number of likely N-dealkylation sites (N-methyl/N-ethyl adjacent to an activating group) is 1. The average Bonchev–Trinajstić information content (AvgIpc) is 3.32. The van der Waals surface area contributed by atoms with Gasteiger partial charge in [0.2, 0.25) is 0 Å². The van der Waals surface area contributed by atoms with E-state index in [2.05, 4.69) is 88.5 Å². The first kappa shape index (κ1) is 17.1. The Morgan fingerprint density at radius 2 is 1.75 bits per heavy atom. The van der Waals surface area contributed by atoms with E-state index in [9.17, 15) is 0 Å². The Labute approximate surface area is 165 Å². The van der Waals surface area contributed by atoms with E-state index in [-0.39, 0.29) is 5.41 Å². The minimum atomic E-state index is 0.0908. The summed E-state index contributed by atoms with van der Waals surface area (Å²) in [6, 6.07) is 19.9. The molecule has 1 N–H and O–H groups in total. The summed E-state index contributed by atoms with van der Waals surface area (Å²) in [5.41, 5.74) is 7.45. The number of nitrogens with one attached hydrogen (secondary N) is 1. The first-order valence-electron chi connectivity index (χ1n) is 9.75. The Kier molecular flexibility index (Phi) is 4.02. The van der Waals surface area contributed by atoms with Gasteiger partial charge >= 0.3 is 0 Å². The van der Waals surface area contributed by atoms with Crippen LogP contribution in [0.1, 0.15) is 16.7 Å². The molecule has 1 aliphatic rings. The SMILES string of the molecule is CN(C)CC1(c2cccc(-c3ncnc4[nH]ccc34)c2)Cc2ccccc2C1. The molecule has 0 spiro atoms. The number of nitrogens with zero attached hydrogens (tertiary/aromatic N) is 3. The van der Waals surface area contributed by atoms with E-state index in [4.69, 9.17) is 0 Å². The van der Waals surface area contributed by atoms with Gasteiger partial charge in [-0.2, -0.15) is 0 Å². The highest BCUT2D eigenvalue weighted by Gasteiger charge is 2.39. The molecule has 4 aromatic rings. The molecule has 2 aromatic carbocycles. The maximum absolute atomic E-state index is 4.60. The zero-order chi connectivity index (χ0) is 19.1. The van der Waals surface area contributed by atoms with Crippen LogP contribution in [0.2, 0.25) is 0 Å². The summed E-state index contributed by atoms with van der Waals surface area (Å²) in [6.45, 7) is 1.02. The molecule has 2 aromatic heterocycles. The molecular weight excluding hydrogens is 344 g/mol. The molecule has 0 amide bonds. The first-order chi connectivity index (χ1) is 13.6. The molecule has 0 saturated carbocycles. The standard InChI is InChI=1S/C24H24N4/c1-28(2)15-24(13-18-6-3-4-7-19(18)14-24)20-9-5-8-17(12-20)22-21-10-11-25-23(21)27-16-26-22/h3-12,16H,13-15H2,1-2H3,(H,25,26,27). The van der Waals surface area contributed by atoms with Gasteiger partial charge in [-0.3, -0.25) is 0 Å². The molecule has 2 heterocycles. The molecule has 0 bridgehead atoms. The lowest BCUT2D eigenvalue weighted by atomic mass is 9.76. The van der Waals surface area contributed by atoms with Crippen molar-refractivity contribution in [3.05, 3.63) is 83.8 Å². The summed E-state index contributed by atoms with van der Waals surface area (Å²) in [5.74, 6) is 0. The van der Waals surface area contributed by atoms with Crippen LogP contribution in [0.15, 0.2) is 67.1 Å². The average molecular weight is 368 g/mol. The lowest BCUT2D eigenvalue weighted by molar-refractivity contribution is 0.288. The zero-order valence-electron chi connectivity index (χ0n) is 16.3. The van der Waals surface area contributed by atoms with Crippen molar-refractivity contribution in [2.75, 3.05) is 20.6 Å². The number of benzene rings is 2. The van der Waals surface area contributed by atoms with E-state index < -0.39 is 0 Å². The van der Waals surface area contributed by atoms with Gasteiger partial charge in [0.25, 0.3) is 0 Å². The Morgan fingerprint density at radius 1 is 0.964 bits per heavy atom. The van der Waals surface area contributed by atoms with Gasteiger partial charge in [0.15, 0.2) is 0 Å². The van der Waals surface area contributed by atoms with Crippen molar-refractivity contribution in [3.63, 3.8) is 0 Å². The second kappa shape index (κ2) is 6.57. The molecule has 4 heteroatoms. The van der Waals surface area contributed by atoms with Crippen molar-refractivity contribution in [1.82, 2.24) is 19.9 Å². The third kappa shape index (κ3) is 2.81. The van der Waals surface area contributed by atoms with Gasteiger partial charge in [-0.05, 0) is 55.8 Å². The highest BCUT2D eigenvalue weighted by atomic mass is 15.1. The fraction of sp³-hybridized carbons (Fsp3) is 0.250. The number of H-pyrrole nitrogens is 1. The topological polar surface area (TPSA) is 44.8 Å². The predicted molar refractivity (Wildman–Crippen MR) is 113 cm³/mol. The van der Waals surface area contributed by atoms with Gasteiger partial charge in [0.05, 0.1) is 5.69 Å². The van der Waals surface area contributed by atoms with E-state index in [1.165, 1.54) is 16.7 Å². The second-order valence-corrected chi connectivity index (χ2v) is 8.18. The number of fused-ring (bicyclic) bond motifs is 2. The van der Waals surface area contributed by atoms with Gasteiger partial charge in [-0.25, -0.2) is 9.97 Å². The molecule has 5 rings (SSSR count). The molecule has 0 aliphatic heterocycles. The summed E-state index contributed by atoms with van der Waals surface area (Å²) in [4.78, 5) is 14.4. The van der Waals surface area contributed by atoms with Crippen LogP contribution in [0.5, 0.6) is 0 Å². The van der Waals surface area contributed by atoms with Gasteiger partial charge < -0.3 is 9.88 Å². The van der Waals surface area contributed by atoms with Gasteiger partial charge in [-0.1, -0.05) is 42.5 Å². The summed E-state index contributed by atoms with van der Waals surface area (Å²) >= 11 is 0. The maximum Gasteiger partial charge on any atom is 0.141 e. The third-order valence-electron chi connectivity index (χ3n) is 5.90. The highest BCUT2D eigenvalue weighted by molar-refractivity contribution is 5.90. The van der Waals surface area contributed by atoms with Crippen LogP contribution >= 0.6 is 0 Å². The van der Waals surface area contributed by atoms with Crippen molar-refractivity contribution < 1.29 is 0 Å². The quantitative estimate of drug-likeness (QED) is 0.586. The minimum Gasteiger partial charge on any atom is -0.346 e. The van der Waals surface area contributed by atoms with E-state index in [1.54, 1.807) is 6.33 Å². The Bertz CT molecular complexity index is 1120. The van der Waals surface area contributed by atoms with Gasteiger partial charge in [0, 0.05) is 29.1 Å². The normalized spacial score (nSPS) is 15.2. The number of aromatic nitrogens is 3. The molecule has 140 valence electrons.